The van der Waals surface area contributed by atoms with Crippen LogP contribution in [0, 0.1) is 0 Å². The van der Waals surface area contributed by atoms with E-state index in [1.54, 1.807) is 6.07 Å². The van der Waals surface area contributed by atoms with Crippen molar-refractivity contribution in [3.63, 3.8) is 0 Å². The van der Waals surface area contributed by atoms with E-state index in [0.29, 0.717) is 10.7 Å². The van der Waals surface area contributed by atoms with Crippen LogP contribution in [0.15, 0.2) is 18.2 Å². The Balaban J connectivity index is 2.87. The van der Waals surface area contributed by atoms with E-state index in [2.05, 4.69) is 24.5 Å². The third kappa shape index (κ3) is 4.69. The Morgan fingerprint density at radius 1 is 1.20 bits per heavy atom. The number of benzene rings is 1. The van der Waals surface area contributed by atoms with Gasteiger partial charge in [0.1, 0.15) is 5.60 Å². The van der Waals surface area contributed by atoms with E-state index in [-0.39, 0.29) is 5.54 Å². The van der Waals surface area contributed by atoms with Gasteiger partial charge >= 0.3 is 6.09 Å². The van der Waals surface area contributed by atoms with Gasteiger partial charge in [-0.2, -0.15) is 0 Å². The lowest BCUT2D eigenvalue weighted by atomic mass is 9.94. The van der Waals surface area contributed by atoms with Crippen LogP contribution in [0.4, 0.5) is 10.5 Å². The number of halogens is 1. The highest BCUT2D eigenvalue weighted by Crippen LogP contribution is 2.28. The molecule has 0 saturated heterocycles. The Kier molecular flexibility index (Phi) is 5.05. The van der Waals surface area contributed by atoms with E-state index in [0.717, 1.165) is 5.56 Å². The molecule has 0 radical (unpaired) electrons. The number of ether oxygens (including phenoxy) is 1. The molecule has 1 aromatic rings. The van der Waals surface area contributed by atoms with Crippen molar-refractivity contribution < 1.29 is 9.53 Å². The summed E-state index contributed by atoms with van der Waals surface area (Å²) in [6, 6.07) is 5.54. The summed E-state index contributed by atoms with van der Waals surface area (Å²) in [7, 11) is 1.89. The molecule has 0 heterocycles. The monoisotopic (exact) mass is 298 g/mol. The zero-order valence-corrected chi connectivity index (χ0v) is 13.7. The Morgan fingerprint density at radius 3 is 2.25 bits per heavy atom. The number of hydrogen-bond donors (Lipinski definition) is 2. The van der Waals surface area contributed by atoms with Crippen molar-refractivity contribution in [1.29, 1.82) is 0 Å². The first-order chi connectivity index (χ1) is 9.05. The summed E-state index contributed by atoms with van der Waals surface area (Å²) in [6.45, 7) is 9.55. The highest BCUT2D eigenvalue weighted by molar-refractivity contribution is 6.33. The van der Waals surface area contributed by atoms with Crippen LogP contribution in [-0.2, 0) is 10.3 Å². The van der Waals surface area contributed by atoms with Crippen LogP contribution in [-0.4, -0.2) is 18.7 Å². The molecule has 20 heavy (non-hydrogen) atoms. The maximum Gasteiger partial charge on any atom is 0.412 e. The Labute approximate surface area is 125 Å². The molecular formula is C15H23ClN2O2. The summed E-state index contributed by atoms with van der Waals surface area (Å²) in [6.07, 6.45) is -0.514. The fraction of sp³-hybridized carbons (Fsp3) is 0.533. The van der Waals surface area contributed by atoms with Crippen molar-refractivity contribution in [2.45, 2.75) is 45.8 Å². The molecule has 0 saturated carbocycles. The third-order valence-electron chi connectivity index (χ3n) is 2.95. The molecule has 0 aliphatic carbocycles. The second-order valence-corrected chi connectivity index (χ2v) is 6.60. The molecule has 0 unspecified atom stereocenters. The van der Waals surface area contributed by atoms with Crippen LogP contribution in [0.25, 0.3) is 0 Å². The maximum atomic E-state index is 11.7. The predicted octanol–water partition coefficient (Wildman–Crippen LogP) is 4.14. The van der Waals surface area contributed by atoms with Gasteiger partial charge in [-0.25, -0.2) is 4.79 Å². The van der Waals surface area contributed by atoms with Gasteiger partial charge in [0, 0.05) is 5.54 Å². The standard InChI is InChI=1S/C15H23ClN2O2/c1-14(2,3)20-13(19)18-12-8-7-10(9-11(12)16)15(4,5)17-6/h7-9,17H,1-6H3,(H,18,19). The number of nitrogens with one attached hydrogen (secondary N) is 2. The minimum absolute atomic E-state index is 0.186. The first-order valence-corrected chi connectivity index (χ1v) is 6.92. The number of hydrogen-bond acceptors (Lipinski definition) is 3. The second kappa shape index (κ2) is 6.02. The molecular weight excluding hydrogens is 276 g/mol. The molecule has 2 N–H and O–H groups in total. The van der Waals surface area contributed by atoms with Gasteiger partial charge in [-0.3, -0.25) is 5.32 Å². The Morgan fingerprint density at radius 2 is 1.80 bits per heavy atom. The quantitative estimate of drug-likeness (QED) is 0.881. The zero-order chi connectivity index (χ0) is 15.6. The molecule has 0 bridgehead atoms. The van der Waals surface area contributed by atoms with E-state index in [1.165, 1.54) is 0 Å². The Bertz CT molecular complexity index is 493. The van der Waals surface area contributed by atoms with E-state index in [9.17, 15) is 4.79 Å². The van der Waals surface area contributed by atoms with Gasteiger partial charge in [0.2, 0.25) is 0 Å². The van der Waals surface area contributed by atoms with Crippen LogP contribution < -0.4 is 10.6 Å². The predicted molar refractivity (Wildman–Crippen MR) is 83.4 cm³/mol. The fourth-order valence-corrected chi connectivity index (χ4v) is 1.79. The normalized spacial score (nSPS) is 12.2. The molecule has 0 aliphatic heterocycles. The molecule has 1 amide bonds. The molecule has 4 nitrogen and oxygen atoms in total. The van der Waals surface area contributed by atoms with Gasteiger partial charge in [-0.05, 0) is 59.4 Å². The minimum atomic E-state index is -0.537. The third-order valence-corrected chi connectivity index (χ3v) is 3.26. The minimum Gasteiger partial charge on any atom is -0.444 e. The van der Waals surface area contributed by atoms with Crippen LogP contribution >= 0.6 is 11.6 Å². The molecule has 0 fully saturated rings. The van der Waals surface area contributed by atoms with Gasteiger partial charge in [0.25, 0.3) is 0 Å². The number of carbonyl (C=O) groups is 1. The first-order valence-electron chi connectivity index (χ1n) is 6.54. The fourth-order valence-electron chi connectivity index (χ4n) is 1.56. The largest absolute Gasteiger partial charge is 0.444 e. The molecule has 0 spiro atoms. The van der Waals surface area contributed by atoms with Crippen molar-refractivity contribution in [3.8, 4) is 0 Å². The lowest BCUT2D eigenvalue weighted by Gasteiger charge is -2.25. The second-order valence-electron chi connectivity index (χ2n) is 6.20. The van der Waals surface area contributed by atoms with Crippen molar-refractivity contribution in [3.05, 3.63) is 28.8 Å². The highest BCUT2D eigenvalue weighted by Gasteiger charge is 2.20. The average molecular weight is 299 g/mol. The van der Waals surface area contributed by atoms with Crippen molar-refractivity contribution in [2.24, 2.45) is 0 Å². The SMILES string of the molecule is CNC(C)(C)c1ccc(NC(=O)OC(C)(C)C)c(Cl)c1. The topological polar surface area (TPSA) is 50.4 Å². The van der Waals surface area contributed by atoms with Gasteiger partial charge in [0.15, 0.2) is 0 Å². The maximum absolute atomic E-state index is 11.7. The van der Waals surface area contributed by atoms with Gasteiger partial charge < -0.3 is 10.1 Å². The zero-order valence-electron chi connectivity index (χ0n) is 12.9. The van der Waals surface area contributed by atoms with Crippen LogP contribution in [0.2, 0.25) is 5.02 Å². The smallest absolute Gasteiger partial charge is 0.412 e. The number of rotatable bonds is 3. The average Bonchev–Trinajstić information content (AvgIpc) is 2.29. The van der Waals surface area contributed by atoms with E-state index in [4.69, 9.17) is 16.3 Å². The molecule has 0 aromatic heterocycles. The molecule has 0 atom stereocenters. The summed E-state index contributed by atoms with van der Waals surface area (Å²) in [5.41, 5.74) is 0.856. The number of anilines is 1. The van der Waals surface area contributed by atoms with Gasteiger partial charge in [0.05, 0.1) is 10.7 Å². The van der Waals surface area contributed by atoms with Crippen molar-refractivity contribution in [2.75, 3.05) is 12.4 Å². The summed E-state index contributed by atoms with van der Waals surface area (Å²) < 4.78 is 5.19. The van der Waals surface area contributed by atoms with Crippen LogP contribution in [0.1, 0.15) is 40.2 Å². The first kappa shape index (κ1) is 16.8. The van der Waals surface area contributed by atoms with E-state index < -0.39 is 11.7 Å². The summed E-state index contributed by atoms with van der Waals surface area (Å²) >= 11 is 6.21. The van der Waals surface area contributed by atoms with Crippen LogP contribution in [0.3, 0.4) is 0 Å². The van der Waals surface area contributed by atoms with E-state index >= 15 is 0 Å². The van der Waals surface area contributed by atoms with Crippen molar-refractivity contribution >= 4 is 23.4 Å². The van der Waals surface area contributed by atoms with Gasteiger partial charge in [-0.15, -0.1) is 0 Å². The summed E-state index contributed by atoms with van der Waals surface area (Å²) in [5, 5.41) is 6.34. The molecule has 1 rings (SSSR count). The molecule has 5 heteroatoms. The van der Waals surface area contributed by atoms with Gasteiger partial charge in [-0.1, -0.05) is 17.7 Å². The lowest BCUT2D eigenvalue weighted by molar-refractivity contribution is 0.0636. The highest BCUT2D eigenvalue weighted by atomic mass is 35.5. The summed E-state index contributed by atoms with van der Waals surface area (Å²) in [5.74, 6) is 0. The summed E-state index contributed by atoms with van der Waals surface area (Å²) in [4.78, 5) is 11.7. The number of amides is 1. The van der Waals surface area contributed by atoms with Crippen LogP contribution in [0.5, 0.6) is 0 Å². The molecule has 112 valence electrons. The Hall–Kier alpha value is -1.26. The number of carbonyl (C=O) groups excluding carboxylic acids is 1. The molecule has 0 aliphatic rings. The van der Waals surface area contributed by atoms with Crippen molar-refractivity contribution in [1.82, 2.24) is 5.32 Å². The van der Waals surface area contributed by atoms with E-state index in [1.807, 2.05) is 40.0 Å². The lowest BCUT2D eigenvalue weighted by Crippen LogP contribution is -2.33. The molecule has 1 aromatic carbocycles.